The number of rotatable bonds is 6. The van der Waals surface area contributed by atoms with E-state index in [1.165, 1.54) is 0 Å². The van der Waals surface area contributed by atoms with Gasteiger partial charge in [0.1, 0.15) is 17.3 Å². The second-order valence-corrected chi connectivity index (χ2v) is 10.6. The summed E-state index contributed by atoms with van der Waals surface area (Å²) in [5, 5.41) is 0.295. The molecular weight excluding hydrogens is 454 g/mol. The third kappa shape index (κ3) is 3.76. The second-order valence-electron chi connectivity index (χ2n) is 7.94. The van der Waals surface area contributed by atoms with Gasteiger partial charge in [-0.15, -0.1) is 0 Å². The number of ether oxygens (including phenoxy) is 2. The Morgan fingerprint density at radius 1 is 1.03 bits per heavy atom. The van der Waals surface area contributed by atoms with E-state index in [1.54, 1.807) is 30.7 Å². The monoisotopic (exact) mass is 477 g/mol. The van der Waals surface area contributed by atoms with Gasteiger partial charge in [-0.3, -0.25) is 4.40 Å². The molecule has 1 saturated heterocycles. The molecule has 32 heavy (non-hydrogen) atoms. The zero-order chi connectivity index (χ0) is 22.5. The highest BCUT2D eigenvalue weighted by molar-refractivity contribution is 7.90. The number of imidazole rings is 1. The van der Waals surface area contributed by atoms with Gasteiger partial charge in [-0.2, -0.15) is 9.29 Å². The second kappa shape index (κ2) is 8.09. The van der Waals surface area contributed by atoms with Gasteiger partial charge in [-0.25, -0.2) is 13.4 Å². The number of anilines is 1. The van der Waals surface area contributed by atoms with Gasteiger partial charge in [-0.05, 0) is 25.0 Å². The topological polar surface area (TPSA) is 89.3 Å². The summed E-state index contributed by atoms with van der Waals surface area (Å²) in [5.74, 6) is 2.44. The molecule has 2 fully saturated rings. The van der Waals surface area contributed by atoms with Crippen molar-refractivity contribution in [2.75, 3.05) is 45.3 Å². The summed E-state index contributed by atoms with van der Waals surface area (Å²) in [6.45, 7) is 2.16. The number of halogens is 1. The van der Waals surface area contributed by atoms with E-state index in [-0.39, 0.29) is 5.25 Å². The molecule has 1 aliphatic heterocycles. The average molecular weight is 478 g/mol. The highest BCUT2D eigenvalue weighted by Gasteiger charge is 2.41. The fraction of sp³-hybridized carbons (Fsp3) is 0.429. The standard InChI is InChI=1S/C21H24ClN5O4S/c1-30-18-12-19(31-2)16(22)11-15(18)17-13-26-6-5-20(24-21(26)23-17)25-7-9-27(10-8-25)32(28,29)14-3-4-14/h5-6,11-14H,3-4,7-10H2,1-2H3. The Hall–Kier alpha value is -2.56. The number of hydrogen-bond acceptors (Lipinski definition) is 7. The maximum Gasteiger partial charge on any atom is 0.236 e. The van der Waals surface area contributed by atoms with Crippen molar-refractivity contribution in [3.8, 4) is 22.8 Å². The summed E-state index contributed by atoms with van der Waals surface area (Å²) < 4.78 is 39.2. The fourth-order valence-corrected chi connectivity index (χ4v) is 6.04. The van der Waals surface area contributed by atoms with Crippen LogP contribution >= 0.6 is 11.6 Å². The van der Waals surface area contributed by atoms with Gasteiger partial charge in [0.2, 0.25) is 15.8 Å². The Kier molecular flexibility index (Phi) is 5.39. The number of nitrogens with zero attached hydrogens (tertiary/aromatic N) is 5. The molecule has 2 aliphatic rings. The smallest absolute Gasteiger partial charge is 0.236 e. The van der Waals surface area contributed by atoms with E-state index in [9.17, 15) is 8.42 Å². The van der Waals surface area contributed by atoms with Crippen molar-refractivity contribution in [3.63, 3.8) is 0 Å². The zero-order valence-corrected chi connectivity index (χ0v) is 19.4. The highest BCUT2D eigenvalue weighted by atomic mass is 35.5. The summed E-state index contributed by atoms with van der Waals surface area (Å²) in [6.07, 6.45) is 5.34. The first kappa shape index (κ1) is 21.3. The van der Waals surface area contributed by atoms with Gasteiger partial charge in [0, 0.05) is 50.2 Å². The maximum absolute atomic E-state index is 12.5. The van der Waals surface area contributed by atoms with E-state index in [0.717, 1.165) is 24.2 Å². The first-order chi connectivity index (χ1) is 15.4. The van der Waals surface area contributed by atoms with Gasteiger partial charge >= 0.3 is 0 Å². The molecular formula is C21H24ClN5O4S. The Bertz CT molecular complexity index is 1270. The quantitative estimate of drug-likeness (QED) is 0.539. The molecule has 0 radical (unpaired) electrons. The molecule has 0 unspecified atom stereocenters. The lowest BCUT2D eigenvalue weighted by Crippen LogP contribution is -2.49. The number of fused-ring (bicyclic) bond motifs is 1. The van der Waals surface area contributed by atoms with E-state index >= 15 is 0 Å². The van der Waals surface area contributed by atoms with Crippen LogP contribution in [0.3, 0.4) is 0 Å². The molecule has 1 aliphatic carbocycles. The largest absolute Gasteiger partial charge is 0.496 e. The van der Waals surface area contributed by atoms with Crippen molar-refractivity contribution in [3.05, 3.63) is 35.6 Å². The number of methoxy groups -OCH3 is 2. The summed E-state index contributed by atoms with van der Waals surface area (Å²) in [6, 6.07) is 5.42. The first-order valence-electron chi connectivity index (χ1n) is 10.4. The van der Waals surface area contributed by atoms with Crippen LogP contribution in [-0.2, 0) is 10.0 Å². The molecule has 9 nitrogen and oxygen atoms in total. The molecule has 0 spiro atoms. The molecule has 5 rings (SSSR count). The minimum absolute atomic E-state index is 0.171. The SMILES string of the molecule is COc1cc(OC)c(-c2cn3ccc(N4CCN(S(=O)(=O)C5CC5)CC4)nc3n2)cc1Cl. The molecule has 2 aromatic heterocycles. The van der Waals surface area contributed by atoms with Gasteiger partial charge in [0.05, 0.1) is 30.2 Å². The molecule has 170 valence electrons. The van der Waals surface area contributed by atoms with Crippen LogP contribution in [0.5, 0.6) is 11.5 Å². The minimum atomic E-state index is -3.13. The predicted molar refractivity (Wildman–Crippen MR) is 122 cm³/mol. The van der Waals surface area contributed by atoms with Gasteiger partial charge in [0.15, 0.2) is 0 Å². The van der Waals surface area contributed by atoms with Crippen molar-refractivity contribution in [1.29, 1.82) is 0 Å². The van der Waals surface area contributed by atoms with E-state index in [4.69, 9.17) is 26.1 Å². The summed E-state index contributed by atoms with van der Waals surface area (Å²) in [7, 11) is 0.00469. The average Bonchev–Trinajstić information content (AvgIpc) is 3.59. The molecule has 3 heterocycles. The molecule has 0 bridgehead atoms. The van der Waals surface area contributed by atoms with E-state index < -0.39 is 10.0 Å². The van der Waals surface area contributed by atoms with E-state index in [2.05, 4.69) is 9.88 Å². The summed E-state index contributed by atoms with van der Waals surface area (Å²) >= 11 is 6.32. The third-order valence-electron chi connectivity index (χ3n) is 5.93. The lowest BCUT2D eigenvalue weighted by atomic mass is 10.1. The van der Waals surface area contributed by atoms with Gasteiger partial charge in [0.25, 0.3) is 0 Å². The molecule has 1 aromatic carbocycles. The number of aromatic nitrogens is 3. The van der Waals surface area contributed by atoms with Crippen molar-refractivity contribution < 1.29 is 17.9 Å². The Morgan fingerprint density at radius 2 is 1.75 bits per heavy atom. The minimum Gasteiger partial charge on any atom is -0.496 e. The normalized spacial score (nSPS) is 17.7. The van der Waals surface area contributed by atoms with Crippen LogP contribution in [0.25, 0.3) is 17.0 Å². The van der Waals surface area contributed by atoms with Crippen LogP contribution in [0.1, 0.15) is 12.8 Å². The lowest BCUT2D eigenvalue weighted by molar-refractivity contribution is 0.383. The fourth-order valence-electron chi connectivity index (χ4n) is 3.98. The Morgan fingerprint density at radius 3 is 2.41 bits per heavy atom. The molecule has 1 saturated carbocycles. The van der Waals surface area contributed by atoms with Crippen molar-refractivity contribution >= 4 is 33.2 Å². The number of benzene rings is 1. The van der Waals surface area contributed by atoms with E-state index in [0.29, 0.717) is 54.2 Å². The van der Waals surface area contributed by atoms with Gasteiger partial charge in [-0.1, -0.05) is 11.6 Å². The van der Waals surface area contributed by atoms with E-state index in [1.807, 2.05) is 22.9 Å². The summed E-state index contributed by atoms with van der Waals surface area (Å²) in [5.41, 5.74) is 1.42. The number of sulfonamides is 1. The molecule has 3 aromatic rings. The van der Waals surface area contributed by atoms with Crippen LogP contribution in [-0.4, -0.2) is 72.7 Å². The summed E-state index contributed by atoms with van der Waals surface area (Å²) in [4.78, 5) is 11.5. The molecule has 11 heteroatoms. The number of piperazine rings is 1. The number of hydrogen-bond donors (Lipinski definition) is 0. The van der Waals surface area contributed by atoms with Crippen molar-refractivity contribution in [1.82, 2.24) is 18.7 Å². The van der Waals surface area contributed by atoms with Crippen LogP contribution < -0.4 is 14.4 Å². The molecule has 0 amide bonds. The maximum atomic E-state index is 12.5. The van der Waals surface area contributed by atoms with Crippen molar-refractivity contribution in [2.45, 2.75) is 18.1 Å². The van der Waals surface area contributed by atoms with Crippen LogP contribution in [0.2, 0.25) is 5.02 Å². The van der Waals surface area contributed by atoms with Crippen LogP contribution in [0.15, 0.2) is 30.6 Å². The van der Waals surface area contributed by atoms with Crippen molar-refractivity contribution in [2.24, 2.45) is 0 Å². The van der Waals surface area contributed by atoms with Crippen LogP contribution in [0, 0.1) is 0 Å². The molecule has 0 atom stereocenters. The third-order valence-corrected chi connectivity index (χ3v) is 8.62. The predicted octanol–water partition coefficient (Wildman–Crippen LogP) is 2.68. The highest BCUT2D eigenvalue weighted by Crippen LogP contribution is 2.38. The lowest BCUT2D eigenvalue weighted by Gasteiger charge is -2.34. The van der Waals surface area contributed by atoms with Crippen LogP contribution in [0.4, 0.5) is 5.82 Å². The Balaban J connectivity index is 1.39. The Labute approximate surface area is 191 Å². The molecule has 0 N–H and O–H groups in total. The van der Waals surface area contributed by atoms with Gasteiger partial charge < -0.3 is 14.4 Å². The zero-order valence-electron chi connectivity index (χ0n) is 17.9. The first-order valence-corrected chi connectivity index (χ1v) is 12.3.